The third-order valence-corrected chi connectivity index (χ3v) is 6.29. The number of nitrogens with zero attached hydrogens (tertiary/aromatic N) is 3. The molecule has 2 aliphatic heterocycles. The number of likely N-dealkylation sites (tertiary alicyclic amines) is 1. The summed E-state index contributed by atoms with van der Waals surface area (Å²) in [5.41, 5.74) is 0.878. The van der Waals surface area contributed by atoms with Crippen LogP contribution in [0.15, 0.2) is 24.3 Å². The van der Waals surface area contributed by atoms with Crippen LogP contribution in [0.2, 0.25) is 0 Å². The van der Waals surface area contributed by atoms with E-state index in [2.05, 4.69) is 29.2 Å². The molecule has 162 valence electrons. The highest BCUT2D eigenvalue weighted by molar-refractivity contribution is 5.74. The van der Waals surface area contributed by atoms with Crippen molar-refractivity contribution in [2.45, 2.75) is 43.9 Å². The van der Waals surface area contributed by atoms with E-state index >= 15 is 0 Å². The van der Waals surface area contributed by atoms with E-state index in [1.165, 1.54) is 25.0 Å². The lowest BCUT2D eigenvalue weighted by molar-refractivity contribution is 0.0779. The number of nitrogens with one attached hydrogen (secondary N) is 1. The topological polar surface area (TPSA) is 48.0 Å². The highest BCUT2D eigenvalue weighted by Gasteiger charge is 2.30. The van der Waals surface area contributed by atoms with Crippen LogP contribution in [0.4, 0.5) is 9.18 Å². The molecule has 2 amide bonds. The van der Waals surface area contributed by atoms with E-state index in [1.54, 1.807) is 17.0 Å². The maximum atomic E-state index is 13.3. The summed E-state index contributed by atoms with van der Waals surface area (Å²) in [4.78, 5) is 19.3. The Labute approximate surface area is 174 Å². The van der Waals surface area contributed by atoms with Crippen molar-refractivity contribution in [3.05, 3.63) is 35.6 Å². The van der Waals surface area contributed by atoms with Crippen molar-refractivity contribution >= 4 is 6.03 Å². The number of carbonyl (C=O) groups is 1. The second-order valence-corrected chi connectivity index (χ2v) is 8.47. The second kappa shape index (κ2) is 10.4. The fraction of sp³-hybridized carbons (Fsp3) is 0.682. The van der Waals surface area contributed by atoms with E-state index in [4.69, 9.17) is 4.74 Å². The van der Waals surface area contributed by atoms with Crippen molar-refractivity contribution in [1.82, 2.24) is 20.0 Å². The molecule has 0 aliphatic carbocycles. The summed E-state index contributed by atoms with van der Waals surface area (Å²) >= 11 is 0. The van der Waals surface area contributed by atoms with Gasteiger partial charge in [-0.05, 0) is 70.6 Å². The standard InChI is InChI=1S/C22H35FN4O2/c1-25-12-10-19(11-13-25)26(2)14-15-27(3)22(28)24-21(20-5-4-16-29-20)17-6-8-18(23)9-7-17/h6-9,19-21H,4-5,10-16H2,1-3H3,(H,24,28). The van der Waals surface area contributed by atoms with Gasteiger partial charge in [0.25, 0.3) is 0 Å². The predicted molar refractivity (Wildman–Crippen MR) is 112 cm³/mol. The van der Waals surface area contributed by atoms with E-state index in [0.717, 1.165) is 38.0 Å². The SMILES string of the molecule is CN1CCC(N(C)CCN(C)C(=O)NC(c2ccc(F)cc2)C2CCCO2)CC1. The number of likely N-dealkylation sites (N-methyl/N-ethyl adjacent to an activating group) is 2. The number of rotatable bonds is 7. The molecule has 29 heavy (non-hydrogen) atoms. The lowest BCUT2D eigenvalue weighted by atomic mass is 9.99. The summed E-state index contributed by atoms with van der Waals surface area (Å²) in [6.45, 7) is 4.48. The molecule has 0 saturated carbocycles. The third kappa shape index (κ3) is 6.14. The van der Waals surface area contributed by atoms with Crippen molar-refractivity contribution < 1.29 is 13.9 Å². The summed E-state index contributed by atoms with van der Waals surface area (Å²) in [6, 6.07) is 6.53. The summed E-state index contributed by atoms with van der Waals surface area (Å²) in [7, 11) is 6.14. The van der Waals surface area contributed by atoms with Gasteiger partial charge in [-0.1, -0.05) is 12.1 Å². The van der Waals surface area contributed by atoms with Crippen molar-refractivity contribution in [1.29, 1.82) is 0 Å². The second-order valence-electron chi connectivity index (χ2n) is 8.47. The normalized spacial score (nSPS) is 22.0. The molecule has 0 bridgehead atoms. The van der Waals surface area contributed by atoms with Crippen molar-refractivity contribution in [2.24, 2.45) is 0 Å². The number of carbonyl (C=O) groups excluding carboxylic acids is 1. The minimum absolute atomic E-state index is 0.0697. The van der Waals surface area contributed by atoms with Gasteiger partial charge < -0.3 is 24.8 Å². The lowest BCUT2D eigenvalue weighted by Gasteiger charge is -2.36. The van der Waals surface area contributed by atoms with Crippen LogP contribution in [0.3, 0.4) is 0 Å². The van der Waals surface area contributed by atoms with Gasteiger partial charge in [-0.3, -0.25) is 0 Å². The van der Waals surface area contributed by atoms with Gasteiger partial charge in [-0.15, -0.1) is 0 Å². The first-order chi connectivity index (χ1) is 13.9. The monoisotopic (exact) mass is 406 g/mol. The Kier molecular flexibility index (Phi) is 7.86. The zero-order chi connectivity index (χ0) is 20.8. The zero-order valence-electron chi connectivity index (χ0n) is 17.9. The first-order valence-electron chi connectivity index (χ1n) is 10.7. The molecule has 0 radical (unpaired) electrons. The molecule has 2 unspecified atom stereocenters. The van der Waals surface area contributed by atoms with Crippen LogP contribution < -0.4 is 5.32 Å². The van der Waals surface area contributed by atoms with E-state index in [-0.39, 0.29) is 24.0 Å². The Bertz CT molecular complexity index is 643. The molecule has 3 rings (SSSR count). The lowest BCUT2D eigenvalue weighted by Crippen LogP contribution is -2.47. The fourth-order valence-corrected chi connectivity index (χ4v) is 4.20. The van der Waals surface area contributed by atoms with Gasteiger partial charge in [0.15, 0.2) is 0 Å². The van der Waals surface area contributed by atoms with Gasteiger partial charge >= 0.3 is 6.03 Å². The van der Waals surface area contributed by atoms with Crippen LogP contribution in [0.5, 0.6) is 0 Å². The maximum Gasteiger partial charge on any atom is 0.317 e. The summed E-state index contributed by atoms with van der Waals surface area (Å²) < 4.78 is 19.2. The molecule has 2 heterocycles. The van der Waals surface area contributed by atoms with Gasteiger partial charge in [0.1, 0.15) is 5.82 Å². The van der Waals surface area contributed by atoms with Crippen LogP contribution in [0, 0.1) is 5.82 Å². The molecule has 1 aromatic rings. The number of ether oxygens (including phenoxy) is 1. The molecule has 0 spiro atoms. The van der Waals surface area contributed by atoms with Crippen LogP contribution in [-0.4, -0.2) is 86.8 Å². The Hall–Kier alpha value is -1.70. The molecule has 2 atom stereocenters. The molecule has 2 fully saturated rings. The molecule has 1 N–H and O–H groups in total. The number of hydrogen-bond donors (Lipinski definition) is 1. The van der Waals surface area contributed by atoms with E-state index in [0.29, 0.717) is 19.2 Å². The number of urea groups is 1. The number of amides is 2. The average Bonchev–Trinajstić information content (AvgIpc) is 3.25. The van der Waals surface area contributed by atoms with E-state index in [9.17, 15) is 9.18 Å². The van der Waals surface area contributed by atoms with Crippen LogP contribution in [-0.2, 0) is 4.74 Å². The number of halogens is 1. The molecule has 6 nitrogen and oxygen atoms in total. The van der Waals surface area contributed by atoms with Gasteiger partial charge in [0, 0.05) is 32.8 Å². The van der Waals surface area contributed by atoms with Crippen LogP contribution >= 0.6 is 0 Å². The minimum Gasteiger partial charge on any atom is -0.376 e. The molecular weight excluding hydrogens is 371 g/mol. The smallest absolute Gasteiger partial charge is 0.317 e. The van der Waals surface area contributed by atoms with Crippen LogP contribution in [0.25, 0.3) is 0 Å². The van der Waals surface area contributed by atoms with Crippen molar-refractivity contribution in [2.75, 3.05) is 53.9 Å². The molecule has 2 saturated heterocycles. The Balaban J connectivity index is 1.53. The molecular formula is C22H35FN4O2. The van der Waals surface area contributed by atoms with Crippen molar-refractivity contribution in [3.8, 4) is 0 Å². The first kappa shape index (κ1) is 22.0. The summed E-state index contributed by atoms with van der Waals surface area (Å²) in [5, 5.41) is 3.12. The summed E-state index contributed by atoms with van der Waals surface area (Å²) in [5.74, 6) is -0.278. The Morgan fingerprint density at radius 2 is 1.90 bits per heavy atom. The minimum atomic E-state index is -0.278. The van der Waals surface area contributed by atoms with Crippen molar-refractivity contribution in [3.63, 3.8) is 0 Å². The van der Waals surface area contributed by atoms with E-state index in [1.807, 2.05) is 7.05 Å². The Morgan fingerprint density at radius 1 is 1.21 bits per heavy atom. The maximum absolute atomic E-state index is 13.3. The zero-order valence-corrected chi connectivity index (χ0v) is 17.9. The largest absolute Gasteiger partial charge is 0.376 e. The Morgan fingerprint density at radius 3 is 2.52 bits per heavy atom. The number of piperidine rings is 1. The quantitative estimate of drug-likeness (QED) is 0.756. The highest BCUT2D eigenvalue weighted by atomic mass is 19.1. The number of hydrogen-bond acceptors (Lipinski definition) is 4. The van der Waals surface area contributed by atoms with Gasteiger partial charge in [0.05, 0.1) is 12.1 Å². The van der Waals surface area contributed by atoms with Gasteiger partial charge in [-0.25, -0.2) is 9.18 Å². The first-order valence-corrected chi connectivity index (χ1v) is 10.7. The third-order valence-electron chi connectivity index (χ3n) is 6.29. The van der Waals surface area contributed by atoms with Gasteiger partial charge in [-0.2, -0.15) is 0 Å². The van der Waals surface area contributed by atoms with E-state index < -0.39 is 0 Å². The molecule has 0 aromatic heterocycles. The summed E-state index contributed by atoms with van der Waals surface area (Å²) in [6.07, 6.45) is 4.16. The molecule has 1 aromatic carbocycles. The highest BCUT2D eigenvalue weighted by Crippen LogP contribution is 2.27. The molecule has 7 heteroatoms. The van der Waals surface area contributed by atoms with Gasteiger partial charge in [0.2, 0.25) is 0 Å². The fourth-order valence-electron chi connectivity index (χ4n) is 4.20. The average molecular weight is 407 g/mol. The predicted octanol–water partition coefficient (Wildman–Crippen LogP) is 2.71. The molecule has 2 aliphatic rings. The number of benzene rings is 1. The van der Waals surface area contributed by atoms with Crippen LogP contribution in [0.1, 0.15) is 37.3 Å².